The van der Waals surface area contributed by atoms with E-state index in [1.165, 1.54) is 0 Å². The van der Waals surface area contributed by atoms with E-state index in [0.29, 0.717) is 5.56 Å². The van der Waals surface area contributed by atoms with Gasteiger partial charge in [-0.3, -0.25) is 4.79 Å². The van der Waals surface area contributed by atoms with E-state index >= 15 is 0 Å². The van der Waals surface area contributed by atoms with E-state index in [0.717, 1.165) is 22.4 Å². The van der Waals surface area contributed by atoms with Crippen LogP contribution in [0.2, 0.25) is 0 Å². The second kappa shape index (κ2) is 6.32. The number of hydrogen-bond acceptors (Lipinski definition) is 2. The first-order chi connectivity index (χ1) is 11.2. The van der Waals surface area contributed by atoms with Gasteiger partial charge in [-0.2, -0.15) is 0 Å². The number of imidazole rings is 1. The third-order valence-electron chi connectivity index (χ3n) is 3.74. The van der Waals surface area contributed by atoms with Gasteiger partial charge in [-0.25, -0.2) is 4.98 Å². The van der Waals surface area contributed by atoms with Crippen LogP contribution in [0.5, 0.6) is 0 Å². The number of amides is 1. The first-order valence-electron chi connectivity index (χ1n) is 7.30. The summed E-state index contributed by atoms with van der Waals surface area (Å²) in [4.78, 5) is 16.1. The molecule has 0 unspecified atom stereocenters. The molecule has 1 aromatic heterocycles. The summed E-state index contributed by atoms with van der Waals surface area (Å²) in [5.74, 6) is -0.114. The minimum Gasteiger partial charge on any atom is -0.355 e. The maximum absolute atomic E-state index is 12.0. The number of carbonyl (C=O) groups excluding carboxylic acids is 1. The Morgan fingerprint density at radius 2 is 1.78 bits per heavy atom. The zero-order valence-electron chi connectivity index (χ0n) is 12.9. The normalized spacial score (nSPS) is 10.3. The summed E-state index contributed by atoms with van der Waals surface area (Å²) in [7, 11) is 1.63. The summed E-state index contributed by atoms with van der Waals surface area (Å²) < 4.78 is 1.94. The minimum absolute atomic E-state index is 0.114. The monoisotopic (exact) mass is 303 g/mol. The summed E-state index contributed by atoms with van der Waals surface area (Å²) in [6, 6.07) is 15.5. The van der Waals surface area contributed by atoms with E-state index in [4.69, 9.17) is 0 Å². The van der Waals surface area contributed by atoms with E-state index in [1.54, 1.807) is 25.6 Å². The van der Waals surface area contributed by atoms with Crippen molar-refractivity contribution < 1.29 is 4.79 Å². The van der Waals surface area contributed by atoms with Crippen LogP contribution in [-0.2, 0) is 0 Å². The Hall–Kier alpha value is -3.14. The van der Waals surface area contributed by atoms with Crippen molar-refractivity contribution in [1.29, 1.82) is 0 Å². The topological polar surface area (TPSA) is 46.9 Å². The van der Waals surface area contributed by atoms with Crippen LogP contribution in [0.25, 0.3) is 11.3 Å². The molecule has 114 valence electrons. The van der Waals surface area contributed by atoms with Gasteiger partial charge in [-0.15, -0.1) is 0 Å². The summed E-state index contributed by atoms with van der Waals surface area (Å²) >= 11 is 0. The van der Waals surface area contributed by atoms with Gasteiger partial charge >= 0.3 is 0 Å². The molecule has 4 nitrogen and oxygen atoms in total. The van der Waals surface area contributed by atoms with Crippen LogP contribution in [0.15, 0.2) is 73.8 Å². The predicted octanol–water partition coefficient (Wildman–Crippen LogP) is 3.29. The van der Waals surface area contributed by atoms with Crippen LogP contribution in [0.4, 0.5) is 0 Å². The molecule has 0 atom stereocenters. The van der Waals surface area contributed by atoms with E-state index < -0.39 is 0 Å². The highest BCUT2D eigenvalue weighted by Crippen LogP contribution is 2.25. The fraction of sp³-hybridized carbons (Fsp3) is 0.0526. The number of benzene rings is 2. The molecule has 0 bridgehead atoms. The number of nitrogens with one attached hydrogen (secondary N) is 1. The predicted molar refractivity (Wildman–Crippen MR) is 91.5 cm³/mol. The molecule has 0 saturated carbocycles. The molecule has 1 heterocycles. The van der Waals surface area contributed by atoms with Crippen LogP contribution in [0.1, 0.15) is 21.5 Å². The van der Waals surface area contributed by atoms with Gasteiger partial charge in [0.1, 0.15) is 0 Å². The Morgan fingerprint density at radius 3 is 2.39 bits per heavy atom. The highest BCUT2D eigenvalue weighted by Gasteiger charge is 2.12. The molecule has 1 amide bonds. The summed E-state index contributed by atoms with van der Waals surface area (Å²) in [6.07, 6.45) is 5.39. The average molecular weight is 303 g/mol. The van der Waals surface area contributed by atoms with E-state index in [2.05, 4.69) is 16.9 Å². The lowest BCUT2D eigenvalue weighted by Crippen LogP contribution is -2.19. The molecule has 23 heavy (non-hydrogen) atoms. The quantitative estimate of drug-likeness (QED) is 0.804. The summed E-state index contributed by atoms with van der Waals surface area (Å²) in [6.45, 7) is 4.17. The van der Waals surface area contributed by atoms with Crippen molar-refractivity contribution in [3.05, 3.63) is 90.5 Å². The second-order valence-corrected chi connectivity index (χ2v) is 5.12. The molecule has 0 spiro atoms. The van der Waals surface area contributed by atoms with Gasteiger partial charge in [0.15, 0.2) is 0 Å². The van der Waals surface area contributed by atoms with Crippen molar-refractivity contribution in [2.24, 2.45) is 0 Å². The Bertz CT molecular complexity index is 833. The Kier molecular flexibility index (Phi) is 4.06. The van der Waals surface area contributed by atoms with Gasteiger partial charge in [0.05, 0.1) is 6.33 Å². The van der Waals surface area contributed by atoms with E-state index in [-0.39, 0.29) is 5.91 Å². The second-order valence-electron chi connectivity index (χ2n) is 5.12. The molecule has 0 fully saturated rings. The highest BCUT2D eigenvalue weighted by molar-refractivity contribution is 6.00. The molecule has 3 rings (SSSR count). The van der Waals surface area contributed by atoms with E-state index in [1.807, 2.05) is 53.2 Å². The lowest BCUT2D eigenvalue weighted by Gasteiger charge is -2.12. The molecular weight excluding hydrogens is 286 g/mol. The van der Waals surface area contributed by atoms with Crippen molar-refractivity contribution in [2.75, 3.05) is 7.05 Å². The largest absolute Gasteiger partial charge is 0.355 e. The number of aromatic nitrogens is 2. The van der Waals surface area contributed by atoms with Gasteiger partial charge in [-0.1, -0.05) is 36.9 Å². The maximum Gasteiger partial charge on any atom is 0.251 e. The van der Waals surface area contributed by atoms with Gasteiger partial charge in [0, 0.05) is 30.7 Å². The molecule has 4 heteroatoms. The zero-order valence-corrected chi connectivity index (χ0v) is 12.9. The van der Waals surface area contributed by atoms with Gasteiger partial charge in [0.25, 0.3) is 5.91 Å². The standard InChI is InChI=1S/C19H17N3O/c1-14(17-5-3-4-6-18(17)19(23)20-2)15-7-9-16(10-8-15)22-12-11-21-13-22/h3-13H,1H2,2H3,(H,20,23). The summed E-state index contributed by atoms with van der Waals surface area (Å²) in [5, 5.41) is 2.67. The molecule has 1 N–H and O–H groups in total. The zero-order chi connectivity index (χ0) is 16.2. The highest BCUT2D eigenvalue weighted by atomic mass is 16.1. The van der Waals surface area contributed by atoms with Crippen molar-refractivity contribution in [2.45, 2.75) is 0 Å². The molecule has 0 aliphatic rings. The average Bonchev–Trinajstić information content (AvgIpc) is 3.15. The third-order valence-corrected chi connectivity index (χ3v) is 3.74. The van der Waals surface area contributed by atoms with Crippen LogP contribution < -0.4 is 5.32 Å². The first kappa shape index (κ1) is 14.8. The molecule has 0 aliphatic heterocycles. The number of rotatable bonds is 4. The maximum atomic E-state index is 12.0. The lowest BCUT2D eigenvalue weighted by molar-refractivity contribution is 0.0963. The van der Waals surface area contributed by atoms with Gasteiger partial charge in [-0.05, 0) is 34.9 Å². The SMILES string of the molecule is C=C(c1ccc(-n2ccnc2)cc1)c1ccccc1C(=O)NC. The van der Waals surface area contributed by atoms with Crippen molar-refractivity contribution in [1.82, 2.24) is 14.9 Å². The van der Waals surface area contributed by atoms with Crippen LogP contribution in [0, 0.1) is 0 Å². The van der Waals surface area contributed by atoms with Crippen molar-refractivity contribution >= 4 is 11.5 Å². The Balaban J connectivity index is 1.94. The molecule has 0 aliphatic carbocycles. The molecule has 2 aromatic carbocycles. The molecular formula is C19H17N3O. The fourth-order valence-electron chi connectivity index (χ4n) is 2.48. The van der Waals surface area contributed by atoms with Crippen LogP contribution in [0.3, 0.4) is 0 Å². The third kappa shape index (κ3) is 2.92. The number of hydrogen-bond donors (Lipinski definition) is 1. The van der Waals surface area contributed by atoms with Crippen LogP contribution >= 0.6 is 0 Å². The van der Waals surface area contributed by atoms with E-state index in [9.17, 15) is 4.79 Å². The number of carbonyl (C=O) groups is 1. The van der Waals surface area contributed by atoms with Gasteiger partial charge in [0.2, 0.25) is 0 Å². The lowest BCUT2D eigenvalue weighted by atomic mass is 9.94. The molecule has 0 radical (unpaired) electrons. The smallest absolute Gasteiger partial charge is 0.251 e. The molecule has 0 saturated heterocycles. The Morgan fingerprint density at radius 1 is 1.09 bits per heavy atom. The van der Waals surface area contributed by atoms with Crippen molar-refractivity contribution in [3.8, 4) is 5.69 Å². The van der Waals surface area contributed by atoms with Crippen LogP contribution in [-0.4, -0.2) is 22.5 Å². The van der Waals surface area contributed by atoms with Crippen molar-refractivity contribution in [3.63, 3.8) is 0 Å². The molecule has 3 aromatic rings. The summed E-state index contributed by atoms with van der Waals surface area (Å²) in [5.41, 5.74) is 4.28. The number of nitrogens with zero attached hydrogens (tertiary/aromatic N) is 2. The first-order valence-corrected chi connectivity index (χ1v) is 7.30. The minimum atomic E-state index is -0.114. The van der Waals surface area contributed by atoms with Gasteiger partial charge < -0.3 is 9.88 Å². The Labute approximate surface area is 135 Å². The fourth-order valence-corrected chi connectivity index (χ4v) is 2.48.